The third-order valence-electron chi connectivity index (χ3n) is 7.79. The molecule has 0 aliphatic heterocycles. The summed E-state index contributed by atoms with van der Waals surface area (Å²) in [5.74, 6) is -0.414. The average molecular weight is 530 g/mol. The number of nitrogens with zero attached hydrogens (tertiary/aromatic N) is 3. The summed E-state index contributed by atoms with van der Waals surface area (Å²) < 4.78 is 15.5. The molecule has 3 aromatic rings. The molecule has 1 heterocycles. The van der Waals surface area contributed by atoms with E-state index in [1.165, 1.54) is 18.6 Å². The van der Waals surface area contributed by atoms with Gasteiger partial charge in [-0.2, -0.15) is 0 Å². The maximum Gasteiger partial charge on any atom is 0.247 e. The van der Waals surface area contributed by atoms with Gasteiger partial charge in [0.1, 0.15) is 12.4 Å². The molecule has 2 amide bonds. The molecule has 1 aliphatic carbocycles. The van der Waals surface area contributed by atoms with Crippen LogP contribution in [-0.4, -0.2) is 44.8 Å². The summed E-state index contributed by atoms with van der Waals surface area (Å²) in [4.78, 5) is 30.9. The van der Waals surface area contributed by atoms with Crippen LogP contribution in [0.25, 0.3) is 6.08 Å². The first-order chi connectivity index (χ1) is 18.9. The Labute approximate surface area is 231 Å². The molecule has 1 aromatic heterocycles. The SMILES string of the molecule is CCC(C)N(CC(=O)N(Cc1cccn1Cc1ccc(F)cc1)C1CCCCC1)C(=O)/C=C/c1ccccc1. The van der Waals surface area contributed by atoms with Crippen LogP contribution in [0.4, 0.5) is 4.39 Å². The second kappa shape index (κ2) is 13.9. The van der Waals surface area contributed by atoms with Gasteiger partial charge in [0.25, 0.3) is 0 Å². The van der Waals surface area contributed by atoms with Gasteiger partial charge in [-0.1, -0.05) is 68.7 Å². The molecule has 5 nitrogen and oxygen atoms in total. The number of aromatic nitrogens is 1. The molecule has 1 saturated carbocycles. The van der Waals surface area contributed by atoms with Gasteiger partial charge in [-0.05, 0) is 67.7 Å². The quantitative estimate of drug-likeness (QED) is 0.260. The van der Waals surface area contributed by atoms with E-state index in [1.807, 2.05) is 73.5 Å². The first kappa shape index (κ1) is 28.3. The minimum atomic E-state index is -0.250. The van der Waals surface area contributed by atoms with Gasteiger partial charge in [0.15, 0.2) is 0 Å². The lowest BCUT2D eigenvalue weighted by atomic mass is 9.94. The Bertz CT molecular complexity index is 1230. The summed E-state index contributed by atoms with van der Waals surface area (Å²) in [6, 6.07) is 20.4. The largest absolute Gasteiger partial charge is 0.345 e. The zero-order valence-corrected chi connectivity index (χ0v) is 23.1. The third kappa shape index (κ3) is 7.92. The van der Waals surface area contributed by atoms with Crippen molar-refractivity contribution in [3.05, 3.63) is 102 Å². The Balaban J connectivity index is 1.52. The van der Waals surface area contributed by atoms with Crippen LogP contribution in [0.3, 0.4) is 0 Å². The van der Waals surface area contributed by atoms with E-state index in [9.17, 15) is 14.0 Å². The van der Waals surface area contributed by atoms with E-state index in [-0.39, 0.29) is 36.3 Å². The number of halogens is 1. The molecule has 6 heteroatoms. The fourth-order valence-electron chi connectivity index (χ4n) is 5.26. The first-order valence-corrected chi connectivity index (χ1v) is 14.2. The molecule has 1 atom stereocenters. The lowest BCUT2D eigenvalue weighted by Gasteiger charge is -2.37. The predicted octanol–water partition coefficient (Wildman–Crippen LogP) is 6.68. The van der Waals surface area contributed by atoms with Crippen molar-refractivity contribution in [1.82, 2.24) is 14.4 Å². The van der Waals surface area contributed by atoms with Crippen molar-refractivity contribution < 1.29 is 14.0 Å². The van der Waals surface area contributed by atoms with Gasteiger partial charge in [0.05, 0.1) is 6.54 Å². The summed E-state index contributed by atoms with van der Waals surface area (Å²) in [5.41, 5.74) is 2.99. The van der Waals surface area contributed by atoms with Crippen molar-refractivity contribution in [3.8, 4) is 0 Å². The topological polar surface area (TPSA) is 45.6 Å². The van der Waals surface area contributed by atoms with Crippen LogP contribution >= 0.6 is 0 Å². The smallest absolute Gasteiger partial charge is 0.247 e. The number of amides is 2. The Hall–Kier alpha value is -3.67. The fraction of sp³-hybridized carbons (Fsp3) is 0.394. The minimum Gasteiger partial charge on any atom is -0.345 e. The van der Waals surface area contributed by atoms with Gasteiger partial charge in [0, 0.05) is 36.6 Å². The Morgan fingerprint density at radius 1 is 1.00 bits per heavy atom. The number of carbonyl (C=O) groups is 2. The molecule has 4 rings (SSSR count). The molecule has 39 heavy (non-hydrogen) atoms. The molecule has 1 fully saturated rings. The Morgan fingerprint density at radius 2 is 1.72 bits per heavy atom. The monoisotopic (exact) mass is 529 g/mol. The van der Waals surface area contributed by atoms with Crippen LogP contribution in [0.5, 0.6) is 0 Å². The van der Waals surface area contributed by atoms with Crippen molar-refractivity contribution in [3.63, 3.8) is 0 Å². The zero-order chi connectivity index (χ0) is 27.6. The highest BCUT2D eigenvalue weighted by atomic mass is 19.1. The van der Waals surface area contributed by atoms with Crippen molar-refractivity contribution in [2.24, 2.45) is 0 Å². The van der Waals surface area contributed by atoms with Crippen LogP contribution in [0.15, 0.2) is 79.0 Å². The van der Waals surface area contributed by atoms with Gasteiger partial charge >= 0.3 is 0 Å². The number of rotatable bonds is 11. The van der Waals surface area contributed by atoms with Gasteiger partial charge in [0.2, 0.25) is 11.8 Å². The standard InChI is InChI=1S/C33H40FN3O2/c1-3-26(2)36(32(38)21-18-27-11-6-4-7-12-27)25-33(39)37(30-13-8-5-9-14-30)24-31-15-10-22-35(31)23-28-16-19-29(34)20-17-28/h4,6-7,10-12,15-22,26,30H,3,5,8-9,13-14,23-25H2,1-2H3/b21-18+. The van der Waals surface area contributed by atoms with Crippen molar-refractivity contribution >= 4 is 17.9 Å². The molecule has 206 valence electrons. The molecular formula is C33H40FN3O2. The number of benzene rings is 2. The summed E-state index contributed by atoms with van der Waals surface area (Å²) in [6.45, 7) is 5.19. The van der Waals surface area contributed by atoms with Crippen LogP contribution in [0.1, 0.15) is 69.2 Å². The molecule has 0 bridgehead atoms. The van der Waals surface area contributed by atoms with Crippen molar-refractivity contribution in [2.75, 3.05) is 6.54 Å². The number of carbonyl (C=O) groups excluding carboxylic acids is 2. The van der Waals surface area contributed by atoms with E-state index in [0.29, 0.717) is 13.1 Å². The van der Waals surface area contributed by atoms with Crippen molar-refractivity contribution in [2.45, 2.75) is 77.5 Å². The van der Waals surface area contributed by atoms with Crippen LogP contribution in [-0.2, 0) is 22.7 Å². The van der Waals surface area contributed by atoms with Gasteiger partial charge in [-0.15, -0.1) is 0 Å². The minimum absolute atomic E-state index is 0.0156. The van der Waals surface area contributed by atoms with E-state index in [2.05, 4.69) is 4.57 Å². The highest BCUT2D eigenvalue weighted by molar-refractivity contribution is 5.94. The molecule has 1 unspecified atom stereocenters. The fourth-order valence-corrected chi connectivity index (χ4v) is 5.26. The summed E-state index contributed by atoms with van der Waals surface area (Å²) in [7, 11) is 0. The van der Waals surface area contributed by atoms with Crippen LogP contribution in [0, 0.1) is 5.82 Å². The van der Waals surface area contributed by atoms with Gasteiger partial charge in [-0.25, -0.2) is 4.39 Å². The highest BCUT2D eigenvalue weighted by Gasteiger charge is 2.29. The number of hydrogen-bond acceptors (Lipinski definition) is 2. The van der Waals surface area contributed by atoms with Crippen molar-refractivity contribution in [1.29, 1.82) is 0 Å². The van der Waals surface area contributed by atoms with E-state index in [1.54, 1.807) is 23.1 Å². The van der Waals surface area contributed by atoms with Gasteiger partial charge in [-0.3, -0.25) is 9.59 Å². The molecule has 0 N–H and O–H groups in total. The first-order valence-electron chi connectivity index (χ1n) is 14.2. The summed E-state index contributed by atoms with van der Waals surface area (Å²) in [5, 5.41) is 0. The molecule has 2 aromatic carbocycles. The van der Waals surface area contributed by atoms with E-state index >= 15 is 0 Å². The Morgan fingerprint density at radius 3 is 2.41 bits per heavy atom. The molecular weight excluding hydrogens is 489 g/mol. The number of hydrogen-bond donors (Lipinski definition) is 0. The normalized spacial score (nSPS) is 14.8. The summed E-state index contributed by atoms with van der Waals surface area (Å²) >= 11 is 0. The van der Waals surface area contributed by atoms with Gasteiger partial charge < -0.3 is 14.4 Å². The second-order valence-corrected chi connectivity index (χ2v) is 10.5. The maximum absolute atomic E-state index is 13.9. The van der Waals surface area contributed by atoms with Crippen LogP contribution in [0.2, 0.25) is 0 Å². The highest BCUT2D eigenvalue weighted by Crippen LogP contribution is 2.25. The van der Waals surface area contributed by atoms with E-state index in [0.717, 1.165) is 48.9 Å². The third-order valence-corrected chi connectivity index (χ3v) is 7.79. The second-order valence-electron chi connectivity index (χ2n) is 10.5. The zero-order valence-electron chi connectivity index (χ0n) is 23.1. The van der Waals surface area contributed by atoms with Crippen LogP contribution < -0.4 is 0 Å². The molecule has 0 radical (unpaired) electrons. The molecule has 0 spiro atoms. The lowest BCUT2D eigenvalue weighted by Crippen LogP contribution is -2.49. The van der Waals surface area contributed by atoms with E-state index in [4.69, 9.17) is 0 Å². The Kier molecular flexibility index (Phi) is 10.1. The lowest BCUT2D eigenvalue weighted by molar-refractivity contribution is -0.142. The molecule has 1 aliphatic rings. The predicted molar refractivity (Wildman–Crippen MR) is 154 cm³/mol. The maximum atomic E-state index is 13.9. The van der Waals surface area contributed by atoms with E-state index < -0.39 is 0 Å². The summed E-state index contributed by atoms with van der Waals surface area (Å²) in [6.07, 6.45) is 11.5. The molecule has 0 saturated heterocycles. The average Bonchev–Trinajstić information content (AvgIpc) is 3.41.